The maximum atomic E-state index is 4.36. The topological polar surface area (TPSA) is 24.4 Å². The Labute approximate surface area is 99.2 Å². The molecule has 1 aliphatic rings. The van der Waals surface area contributed by atoms with E-state index in [0.717, 1.165) is 11.7 Å². The highest BCUT2D eigenvalue weighted by Crippen LogP contribution is 2.21. The van der Waals surface area contributed by atoms with E-state index in [4.69, 9.17) is 0 Å². The smallest absolute Gasteiger partial charge is 0.161 e. The lowest BCUT2D eigenvalue weighted by molar-refractivity contribution is 1.06. The van der Waals surface area contributed by atoms with Gasteiger partial charge in [0.2, 0.25) is 0 Å². The molecule has 13 heavy (non-hydrogen) atoms. The zero-order chi connectivity index (χ0) is 8.39. The molecule has 0 atom stereocenters. The van der Waals surface area contributed by atoms with Crippen molar-refractivity contribution in [3.8, 4) is 0 Å². The lowest BCUT2D eigenvalue weighted by Crippen LogP contribution is -2.13. The molecule has 2 rings (SSSR count). The van der Waals surface area contributed by atoms with Crippen molar-refractivity contribution in [1.29, 1.82) is 0 Å². The lowest BCUT2D eigenvalue weighted by Gasteiger charge is -2.16. The molecule has 1 aromatic carbocycles. The second kappa shape index (κ2) is 4.85. The molecule has 2 nitrogen and oxygen atoms in total. The molecule has 0 saturated carbocycles. The summed E-state index contributed by atoms with van der Waals surface area (Å²) < 4.78 is 0. The first-order chi connectivity index (χ1) is 5.90. The maximum absolute atomic E-state index is 4.36. The van der Waals surface area contributed by atoms with Gasteiger partial charge in [-0.1, -0.05) is 30.0 Å². The van der Waals surface area contributed by atoms with E-state index < -0.39 is 0 Å². The summed E-state index contributed by atoms with van der Waals surface area (Å²) in [5, 5.41) is 4.27. The van der Waals surface area contributed by atoms with Gasteiger partial charge < -0.3 is 5.32 Å². The van der Waals surface area contributed by atoms with Gasteiger partial charge in [0.05, 0.1) is 6.54 Å². The number of amidine groups is 1. The summed E-state index contributed by atoms with van der Waals surface area (Å²) in [4.78, 5) is 4.36. The van der Waals surface area contributed by atoms with Crippen molar-refractivity contribution in [3.05, 3.63) is 29.8 Å². The molecule has 0 saturated heterocycles. The van der Waals surface area contributed by atoms with Crippen LogP contribution in [0.5, 0.6) is 0 Å². The van der Waals surface area contributed by atoms with Gasteiger partial charge >= 0.3 is 0 Å². The minimum absolute atomic E-state index is 0. The highest BCUT2D eigenvalue weighted by atomic mass is 127. The normalized spacial score (nSPS) is 13.5. The average molecular weight is 306 g/mol. The monoisotopic (exact) mass is 306 g/mol. The van der Waals surface area contributed by atoms with E-state index >= 15 is 0 Å². The highest BCUT2D eigenvalue weighted by Gasteiger charge is 2.08. The van der Waals surface area contributed by atoms with Gasteiger partial charge in [-0.3, -0.25) is 4.99 Å². The van der Waals surface area contributed by atoms with Gasteiger partial charge in [0.25, 0.3) is 0 Å². The van der Waals surface area contributed by atoms with Crippen LogP contribution in [-0.4, -0.2) is 11.4 Å². The van der Waals surface area contributed by atoms with Crippen LogP contribution in [-0.2, 0) is 6.54 Å². The standard InChI is InChI=1S/C9H10N2S.HI/c1-12-9-10-6-7-4-2-3-5-8(7)11-9;/h2-5H,6H2,1H3,(H,10,11);1H. The summed E-state index contributed by atoms with van der Waals surface area (Å²) >= 11 is 1.65. The zero-order valence-electron chi connectivity index (χ0n) is 7.28. The maximum Gasteiger partial charge on any atom is 0.161 e. The molecule has 0 spiro atoms. The SMILES string of the molecule is CSC1=NCc2ccccc2N1.I. The lowest BCUT2D eigenvalue weighted by atomic mass is 10.1. The van der Waals surface area contributed by atoms with Crippen LogP contribution >= 0.6 is 35.7 Å². The Balaban J connectivity index is 0.000000845. The molecule has 1 aromatic rings. The van der Waals surface area contributed by atoms with E-state index in [1.54, 1.807) is 11.8 Å². The minimum Gasteiger partial charge on any atom is -0.335 e. The summed E-state index contributed by atoms with van der Waals surface area (Å²) in [6.45, 7) is 0.805. The molecule has 0 bridgehead atoms. The van der Waals surface area contributed by atoms with Gasteiger partial charge in [-0.15, -0.1) is 24.0 Å². The fourth-order valence-corrected chi connectivity index (χ4v) is 1.61. The third-order valence-electron chi connectivity index (χ3n) is 1.85. The Hall–Kier alpha value is -0.230. The van der Waals surface area contributed by atoms with Gasteiger partial charge in [0, 0.05) is 5.69 Å². The summed E-state index contributed by atoms with van der Waals surface area (Å²) in [5.74, 6) is 0. The summed E-state index contributed by atoms with van der Waals surface area (Å²) in [6, 6.07) is 8.26. The second-order valence-corrected chi connectivity index (χ2v) is 3.40. The van der Waals surface area contributed by atoms with Crippen molar-refractivity contribution >= 4 is 46.6 Å². The fraction of sp³-hybridized carbons (Fsp3) is 0.222. The first-order valence-electron chi connectivity index (χ1n) is 3.83. The Kier molecular flexibility index (Phi) is 4.05. The van der Waals surface area contributed by atoms with E-state index in [2.05, 4.69) is 22.4 Å². The summed E-state index contributed by atoms with van der Waals surface area (Å²) in [6.07, 6.45) is 2.03. The van der Waals surface area contributed by atoms with Crippen LogP contribution in [0.2, 0.25) is 0 Å². The number of benzene rings is 1. The summed E-state index contributed by atoms with van der Waals surface area (Å²) in [5.41, 5.74) is 2.46. The van der Waals surface area contributed by atoms with Crippen molar-refractivity contribution in [2.45, 2.75) is 6.54 Å². The van der Waals surface area contributed by atoms with Gasteiger partial charge in [0.15, 0.2) is 5.17 Å². The van der Waals surface area contributed by atoms with Crippen molar-refractivity contribution < 1.29 is 0 Å². The predicted octanol–water partition coefficient (Wildman–Crippen LogP) is 2.95. The van der Waals surface area contributed by atoms with Gasteiger partial charge in [0.1, 0.15) is 0 Å². The largest absolute Gasteiger partial charge is 0.335 e. The number of nitrogens with one attached hydrogen (secondary N) is 1. The Morgan fingerprint density at radius 2 is 2.15 bits per heavy atom. The number of anilines is 1. The van der Waals surface area contributed by atoms with Gasteiger partial charge in [-0.25, -0.2) is 0 Å². The third-order valence-corrected chi connectivity index (χ3v) is 2.46. The van der Waals surface area contributed by atoms with E-state index in [9.17, 15) is 0 Å². The number of fused-ring (bicyclic) bond motifs is 1. The zero-order valence-corrected chi connectivity index (χ0v) is 10.4. The third kappa shape index (κ3) is 2.37. The number of nitrogens with zero attached hydrogens (tertiary/aromatic N) is 1. The van der Waals surface area contributed by atoms with Crippen molar-refractivity contribution in [2.24, 2.45) is 4.99 Å². The Morgan fingerprint density at radius 1 is 1.38 bits per heavy atom. The summed E-state index contributed by atoms with van der Waals surface area (Å²) in [7, 11) is 0. The quantitative estimate of drug-likeness (QED) is 0.745. The number of halogens is 1. The molecule has 0 radical (unpaired) electrons. The van der Waals surface area contributed by atoms with Crippen LogP contribution in [0.4, 0.5) is 5.69 Å². The first kappa shape index (κ1) is 10.8. The number of hydrogen-bond donors (Lipinski definition) is 1. The molecule has 0 amide bonds. The molecule has 4 heteroatoms. The molecule has 1 heterocycles. The Morgan fingerprint density at radius 3 is 2.92 bits per heavy atom. The predicted molar refractivity (Wildman–Crippen MR) is 70.1 cm³/mol. The van der Waals surface area contributed by atoms with Crippen LogP contribution < -0.4 is 5.32 Å². The van der Waals surface area contributed by atoms with E-state index in [1.165, 1.54) is 11.3 Å². The van der Waals surface area contributed by atoms with Gasteiger partial charge in [-0.05, 0) is 17.9 Å². The number of thioether (sulfide) groups is 1. The second-order valence-electron chi connectivity index (χ2n) is 2.61. The van der Waals surface area contributed by atoms with E-state index in [0.29, 0.717) is 0 Å². The molecule has 0 aromatic heterocycles. The highest BCUT2D eigenvalue weighted by molar-refractivity contribution is 14.0. The van der Waals surface area contributed by atoms with E-state index in [1.807, 2.05) is 18.4 Å². The van der Waals surface area contributed by atoms with Crippen LogP contribution in [0.3, 0.4) is 0 Å². The van der Waals surface area contributed by atoms with Crippen LogP contribution in [0.25, 0.3) is 0 Å². The number of aliphatic imine (C=N–C) groups is 1. The molecule has 1 N–H and O–H groups in total. The minimum atomic E-state index is 0. The fourth-order valence-electron chi connectivity index (χ4n) is 1.21. The Bertz CT molecular complexity index is 325. The molecule has 0 aliphatic carbocycles. The van der Waals surface area contributed by atoms with Crippen molar-refractivity contribution in [1.82, 2.24) is 0 Å². The molecular weight excluding hydrogens is 295 g/mol. The number of para-hydroxylation sites is 1. The van der Waals surface area contributed by atoms with Gasteiger partial charge in [-0.2, -0.15) is 0 Å². The number of rotatable bonds is 0. The average Bonchev–Trinajstić information content (AvgIpc) is 2.17. The first-order valence-corrected chi connectivity index (χ1v) is 5.06. The van der Waals surface area contributed by atoms with Crippen LogP contribution in [0.1, 0.15) is 5.56 Å². The molecule has 1 aliphatic heterocycles. The van der Waals surface area contributed by atoms with Crippen molar-refractivity contribution in [2.75, 3.05) is 11.6 Å². The molecular formula is C9H11IN2S. The van der Waals surface area contributed by atoms with Crippen LogP contribution in [0.15, 0.2) is 29.3 Å². The molecule has 0 fully saturated rings. The van der Waals surface area contributed by atoms with Crippen LogP contribution in [0, 0.1) is 0 Å². The molecule has 70 valence electrons. The van der Waals surface area contributed by atoms with Crippen molar-refractivity contribution in [3.63, 3.8) is 0 Å². The molecule has 0 unspecified atom stereocenters. The number of hydrogen-bond acceptors (Lipinski definition) is 3. The van der Waals surface area contributed by atoms with E-state index in [-0.39, 0.29) is 24.0 Å².